The van der Waals surface area contributed by atoms with Crippen LogP contribution in [0.3, 0.4) is 0 Å². The van der Waals surface area contributed by atoms with E-state index in [1.54, 1.807) is 19.1 Å². The van der Waals surface area contributed by atoms with Crippen LogP contribution in [0.15, 0.2) is 30.5 Å². The number of benzene rings is 1. The van der Waals surface area contributed by atoms with Crippen molar-refractivity contribution < 1.29 is 18.9 Å². The number of nitrogens with zero attached hydrogens (tertiary/aromatic N) is 2. The second-order valence-electron chi connectivity index (χ2n) is 4.76. The van der Waals surface area contributed by atoms with Crippen molar-refractivity contribution in [1.29, 1.82) is 0 Å². The molecule has 108 valence electrons. The van der Waals surface area contributed by atoms with Crippen LogP contribution in [0.1, 0.15) is 31.1 Å². The van der Waals surface area contributed by atoms with Crippen LogP contribution in [-0.2, 0) is 12.7 Å². The maximum Gasteiger partial charge on any atom is 0.434 e. The van der Waals surface area contributed by atoms with Gasteiger partial charge in [0.1, 0.15) is 11.9 Å². The van der Waals surface area contributed by atoms with E-state index in [0.29, 0.717) is 17.9 Å². The molecule has 0 spiro atoms. The van der Waals surface area contributed by atoms with Gasteiger partial charge in [0.15, 0.2) is 5.69 Å². The minimum Gasteiger partial charge on any atom is -0.352 e. The lowest BCUT2D eigenvalue weighted by Crippen LogP contribution is -2.51. The fourth-order valence-corrected chi connectivity index (χ4v) is 1.98. The average Bonchev–Trinajstić information content (AvgIpc) is 2.82. The third-order valence-corrected chi connectivity index (χ3v) is 3.15. The number of aryl methyl sites for hydroxylation is 1. The summed E-state index contributed by atoms with van der Waals surface area (Å²) in [5.74, 6) is 0.336. The molecule has 0 unspecified atom stereocenters. The van der Waals surface area contributed by atoms with Gasteiger partial charge in [-0.2, -0.15) is 13.2 Å². The van der Waals surface area contributed by atoms with E-state index in [1.165, 1.54) is 4.57 Å². The number of quaternary nitrogens is 1. The van der Waals surface area contributed by atoms with Gasteiger partial charge in [-0.15, -0.1) is 0 Å². The summed E-state index contributed by atoms with van der Waals surface area (Å²) in [7, 11) is 0. The lowest BCUT2D eigenvalue weighted by atomic mass is 10.1. The van der Waals surface area contributed by atoms with E-state index in [-0.39, 0.29) is 6.04 Å². The predicted octanol–water partition coefficient (Wildman–Crippen LogP) is 2.89. The quantitative estimate of drug-likeness (QED) is 0.925. The van der Waals surface area contributed by atoms with Crippen molar-refractivity contribution in [2.24, 2.45) is 0 Å². The Bertz CT molecular complexity index is 583. The van der Waals surface area contributed by atoms with Crippen molar-refractivity contribution in [3.05, 3.63) is 41.7 Å². The normalized spacial score (nSPS) is 13.5. The zero-order valence-corrected chi connectivity index (χ0v) is 11.4. The minimum atomic E-state index is -4.42. The highest BCUT2D eigenvalue weighted by atomic mass is 19.4. The van der Waals surface area contributed by atoms with E-state index in [1.807, 2.05) is 19.1 Å². The zero-order valence-electron chi connectivity index (χ0n) is 11.4. The standard InChI is InChI=1S/C14H16F3N3/c1-3-20-8-12(14(15,16)17)19-13(20)11-6-4-10(5-7-11)9(2)18/h4-9H,3,18H2,1-2H3/p+1/t9-/m1/s1. The number of hydrogen-bond donors (Lipinski definition) is 1. The molecule has 0 fully saturated rings. The summed E-state index contributed by atoms with van der Waals surface area (Å²) in [6.07, 6.45) is -3.37. The Balaban J connectivity index is 2.43. The van der Waals surface area contributed by atoms with E-state index in [0.717, 1.165) is 11.8 Å². The largest absolute Gasteiger partial charge is 0.434 e. The molecule has 0 aliphatic heterocycles. The van der Waals surface area contributed by atoms with Crippen LogP contribution in [0, 0.1) is 0 Å². The van der Waals surface area contributed by atoms with Crippen molar-refractivity contribution >= 4 is 0 Å². The lowest BCUT2D eigenvalue weighted by molar-refractivity contribution is -0.420. The first-order chi connectivity index (χ1) is 9.32. The SMILES string of the molecule is CCn1cc(C(F)(F)F)nc1-c1ccc([C@@H](C)[NH3+])cc1. The predicted molar refractivity (Wildman–Crippen MR) is 69.6 cm³/mol. The van der Waals surface area contributed by atoms with Gasteiger partial charge < -0.3 is 10.3 Å². The topological polar surface area (TPSA) is 45.5 Å². The highest BCUT2D eigenvalue weighted by molar-refractivity contribution is 5.57. The van der Waals surface area contributed by atoms with Crippen LogP contribution < -0.4 is 5.73 Å². The van der Waals surface area contributed by atoms with Crippen LogP contribution >= 0.6 is 0 Å². The van der Waals surface area contributed by atoms with Gasteiger partial charge in [-0.05, 0) is 13.8 Å². The molecule has 2 rings (SSSR count). The van der Waals surface area contributed by atoms with Crippen molar-refractivity contribution in [2.75, 3.05) is 0 Å². The second kappa shape index (κ2) is 5.28. The highest BCUT2D eigenvalue weighted by Crippen LogP contribution is 2.31. The van der Waals surface area contributed by atoms with Gasteiger partial charge in [0.25, 0.3) is 0 Å². The Hall–Kier alpha value is -1.82. The maximum absolute atomic E-state index is 12.7. The summed E-state index contributed by atoms with van der Waals surface area (Å²) < 4.78 is 39.7. The van der Waals surface area contributed by atoms with Gasteiger partial charge in [0.2, 0.25) is 0 Å². The third kappa shape index (κ3) is 2.85. The van der Waals surface area contributed by atoms with E-state index >= 15 is 0 Å². The van der Waals surface area contributed by atoms with E-state index in [4.69, 9.17) is 0 Å². The number of hydrogen-bond acceptors (Lipinski definition) is 1. The first-order valence-electron chi connectivity index (χ1n) is 6.40. The van der Waals surface area contributed by atoms with Crippen LogP contribution in [0.4, 0.5) is 13.2 Å². The van der Waals surface area contributed by atoms with Gasteiger partial charge in [0.05, 0.1) is 0 Å². The molecule has 1 aromatic carbocycles. The molecule has 20 heavy (non-hydrogen) atoms. The number of aromatic nitrogens is 2. The van der Waals surface area contributed by atoms with Crippen LogP contribution in [-0.4, -0.2) is 9.55 Å². The summed E-state index contributed by atoms with van der Waals surface area (Å²) in [4.78, 5) is 3.72. The number of halogens is 3. The number of imidazole rings is 1. The smallest absolute Gasteiger partial charge is 0.352 e. The Morgan fingerprint density at radius 3 is 2.30 bits per heavy atom. The summed E-state index contributed by atoms with van der Waals surface area (Å²) in [6, 6.07) is 7.45. The Labute approximate surface area is 115 Å². The molecule has 6 heteroatoms. The molecule has 1 aromatic heterocycles. The summed E-state index contributed by atoms with van der Waals surface area (Å²) in [5.41, 5.74) is 4.77. The third-order valence-electron chi connectivity index (χ3n) is 3.15. The molecule has 0 amide bonds. The van der Waals surface area contributed by atoms with Gasteiger partial charge in [0, 0.05) is 23.9 Å². The molecular weight excluding hydrogens is 267 g/mol. The zero-order chi connectivity index (χ0) is 14.9. The fourth-order valence-electron chi connectivity index (χ4n) is 1.98. The maximum atomic E-state index is 12.7. The molecule has 3 N–H and O–H groups in total. The highest BCUT2D eigenvalue weighted by Gasteiger charge is 2.34. The molecule has 0 radical (unpaired) electrons. The molecule has 0 aliphatic carbocycles. The number of rotatable bonds is 3. The molecule has 0 bridgehead atoms. The molecule has 1 atom stereocenters. The fraction of sp³-hybridized carbons (Fsp3) is 0.357. The Kier molecular flexibility index (Phi) is 3.85. The molecule has 3 nitrogen and oxygen atoms in total. The lowest BCUT2D eigenvalue weighted by Gasteiger charge is -2.06. The molecule has 0 aliphatic rings. The van der Waals surface area contributed by atoms with Gasteiger partial charge in [-0.1, -0.05) is 24.3 Å². The van der Waals surface area contributed by atoms with Crippen LogP contribution in [0.2, 0.25) is 0 Å². The van der Waals surface area contributed by atoms with E-state index < -0.39 is 11.9 Å². The van der Waals surface area contributed by atoms with Crippen LogP contribution in [0.25, 0.3) is 11.4 Å². The minimum absolute atomic E-state index is 0.140. The first-order valence-corrected chi connectivity index (χ1v) is 6.40. The summed E-state index contributed by atoms with van der Waals surface area (Å²) in [6.45, 7) is 4.19. The molecule has 0 saturated heterocycles. The summed E-state index contributed by atoms with van der Waals surface area (Å²) >= 11 is 0. The van der Waals surface area contributed by atoms with Crippen LogP contribution in [0.5, 0.6) is 0 Å². The second-order valence-corrected chi connectivity index (χ2v) is 4.76. The van der Waals surface area contributed by atoms with Crippen molar-refractivity contribution in [1.82, 2.24) is 9.55 Å². The van der Waals surface area contributed by atoms with Crippen molar-refractivity contribution in [3.8, 4) is 11.4 Å². The number of alkyl halides is 3. The van der Waals surface area contributed by atoms with Gasteiger partial charge >= 0.3 is 6.18 Å². The van der Waals surface area contributed by atoms with E-state index in [2.05, 4.69) is 10.7 Å². The first kappa shape index (κ1) is 14.6. The van der Waals surface area contributed by atoms with Gasteiger partial charge in [-0.25, -0.2) is 4.98 Å². The Morgan fingerprint density at radius 2 is 1.85 bits per heavy atom. The molecular formula is C14H17F3N3+. The molecule has 0 saturated carbocycles. The van der Waals surface area contributed by atoms with Crippen molar-refractivity contribution in [2.45, 2.75) is 32.6 Å². The monoisotopic (exact) mass is 284 g/mol. The van der Waals surface area contributed by atoms with Crippen molar-refractivity contribution in [3.63, 3.8) is 0 Å². The molecule has 2 aromatic rings. The van der Waals surface area contributed by atoms with Gasteiger partial charge in [-0.3, -0.25) is 0 Å². The Morgan fingerprint density at radius 1 is 1.25 bits per heavy atom. The molecule has 1 heterocycles. The van der Waals surface area contributed by atoms with E-state index in [9.17, 15) is 13.2 Å². The summed E-state index contributed by atoms with van der Waals surface area (Å²) in [5, 5.41) is 0. The average molecular weight is 284 g/mol.